The normalized spacial score (nSPS) is 15.7. The summed E-state index contributed by atoms with van der Waals surface area (Å²) in [6.07, 6.45) is -4.59. The second-order valence-corrected chi connectivity index (χ2v) is 9.26. The van der Waals surface area contributed by atoms with Crippen molar-refractivity contribution in [2.45, 2.75) is 18.0 Å². The highest BCUT2D eigenvalue weighted by Crippen LogP contribution is 2.36. The van der Waals surface area contributed by atoms with Crippen molar-refractivity contribution in [2.75, 3.05) is 48.7 Å². The fourth-order valence-corrected chi connectivity index (χ4v) is 4.62. The lowest BCUT2D eigenvalue weighted by Gasteiger charge is -2.36. The number of halogens is 3. The highest BCUT2D eigenvalue weighted by atomic mass is 32.2. The molecule has 3 rings (SSSR count). The van der Waals surface area contributed by atoms with Gasteiger partial charge in [-0.3, -0.25) is 4.79 Å². The van der Waals surface area contributed by atoms with Crippen LogP contribution in [0.5, 0.6) is 0 Å². The van der Waals surface area contributed by atoms with Crippen LogP contribution in [0.4, 0.5) is 24.5 Å². The lowest BCUT2D eigenvalue weighted by molar-refractivity contribution is -0.137. The monoisotopic (exact) mass is 455 g/mol. The Morgan fingerprint density at radius 1 is 1.03 bits per heavy atom. The number of nitrogens with one attached hydrogen (secondary N) is 1. The Bertz CT molecular complexity index is 1020. The Morgan fingerprint density at radius 3 is 2.26 bits per heavy atom. The van der Waals surface area contributed by atoms with E-state index in [1.54, 1.807) is 6.07 Å². The van der Waals surface area contributed by atoms with E-state index in [2.05, 4.69) is 10.2 Å². The summed E-state index contributed by atoms with van der Waals surface area (Å²) in [6, 6.07) is 10.6. The molecule has 2 aromatic carbocycles. The average Bonchev–Trinajstić information content (AvgIpc) is 2.73. The maximum atomic E-state index is 13.2. The van der Waals surface area contributed by atoms with Crippen molar-refractivity contribution in [1.29, 1.82) is 0 Å². The number of carbonyl (C=O) groups excluding carboxylic acids is 1. The molecule has 0 atom stereocenters. The first-order valence-electron chi connectivity index (χ1n) is 9.86. The Morgan fingerprint density at radius 2 is 1.68 bits per heavy atom. The molecule has 0 spiro atoms. The molecule has 1 aliphatic heterocycles. The van der Waals surface area contributed by atoms with Gasteiger partial charge in [0.15, 0.2) is 9.84 Å². The minimum absolute atomic E-state index is 0.0231. The van der Waals surface area contributed by atoms with Crippen molar-refractivity contribution in [2.24, 2.45) is 0 Å². The van der Waals surface area contributed by atoms with E-state index in [0.717, 1.165) is 31.8 Å². The summed E-state index contributed by atoms with van der Waals surface area (Å²) >= 11 is 0. The standard InChI is InChI=1S/C21H24F3N3O3S/c1-2-26-10-12-27(13-11-26)19-9-8-16(21(22,23)24)14-18(19)25-20(28)15-31(29,30)17-6-4-3-5-7-17/h3-9,14H,2,10-13,15H2,1H3,(H,25,28). The van der Waals surface area contributed by atoms with Gasteiger partial charge in [-0.05, 0) is 36.9 Å². The lowest BCUT2D eigenvalue weighted by Crippen LogP contribution is -2.46. The van der Waals surface area contributed by atoms with Crippen LogP contribution in [0.3, 0.4) is 0 Å². The van der Waals surface area contributed by atoms with Crippen LogP contribution in [0.15, 0.2) is 53.4 Å². The minimum Gasteiger partial charge on any atom is -0.367 e. The van der Waals surface area contributed by atoms with E-state index in [-0.39, 0.29) is 10.6 Å². The lowest BCUT2D eigenvalue weighted by atomic mass is 10.1. The van der Waals surface area contributed by atoms with Crippen LogP contribution >= 0.6 is 0 Å². The molecule has 31 heavy (non-hydrogen) atoms. The van der Waals surface area contributed by atoms with Crippen molar-refractivity contribution in [1.82, 2.24) is 4.90 Å². The van der Waals surface area contributed by atoms with Crippen LogP contribution in [0.25, 0.3) is 0 Å². The van der Waals surface area contributed by atoms with E-state index in [0.29, 0.717) is 18.8 Å². The number of hydrogen-bond acceptors (Lipinski definition) is 5. The van der Waals surface area contributed by atoms with Gasteiger partial charge in [0, 0.05) is 26.2 Å². The molecular formula is C21H24F3N3O3S. The van der Waals surface area contributed by atoms with Crippen LogP contribution in [0.2, 0.25) is 0 Å². The largest absolute Gasteiger partial charge is 0.416 e. The van der Waals surface area contributed by atoms with Crippen molar-refractivity contribution in [3.63, 3.8) is 0 Å². The molecule has 10 heteroatoms. The molecule has 0 unspecified atom stereocenters. The smallest absolute Gasteiger partial charge is 0.367 e. The highest BCUT2D eigenvalue weighted by molar-refractivity contribution is 7.92. The van der Waals surface area contributed by atoms with E-state index in [1.165, 1.54) is 30.3 Å². The van der Waals surface area contributed by atoms with Crippen LogP contribution < -0.4 is 10.2 Å². The number of rotatable bonds is 6. The van der Waals surface area contributed by atoms with Gasteiger partial charge in [0.05, 0.1) is 21.8 Å². The quantitative estimate of drug-likeness (QED) is 0.724. The van der Waals surface area contributed by atoms with Crippen molar-refractivity contribution < 1.29 is 26.4 Å². The third kappa shape index (κ3) is 5.76. The molecule has 0 saturated carbocycles. The van der Waals surface area contributed by atoms with Gasteiger partial charge < -0.3 is 15.1 Å². The minimum atomic E-state index is -4.59. The number of carbonyl (C=O) groups is 1. The molecule has 2 aromatic rings. The van der Waals surface area contributed by atoms with Crippen molar-refractivity contribution >= 4 is 27.1 Å². The van der Waals surface area contributed by atoms with Gasteiger partial charge in [0.2, 0.25) is 5.91 Å². The molecular weight excluding hydrogens is 431 g/mol. The Hall–Kier alpha value is -2.59. The Labute approximate surface area is 179 Å². The van der Waals surface area contributed by atoms with Gasteiger partial charge in [0.1, 0.15) is 5.75 Å². The fraction of sp³-hybridized carbons (Fsp3) is 0.381. The number of alkyl halides is 3. The maximum absolute atomic E-state index is 13.2. The summed E-state index contributed by atoms with van der Waals surface area (Å²) in [5.41, 5.74) is -0.521. The SMILES string of the molecule is CCN1CCN(c2ccc(C(F)(F)F)cc2NC(=O)CS(=O)(=O)c2ccccc2)CC1. The topological polar surface area (TPSA) is 69.7 Å². The predicted molar refractivity (Wildman–Crippen MR) is 113 cm³/mol. The Kier molecular flexibility index (Phi) is 6.90. The number of piperazine rings is 1. The number of nitrogens with zero attached hydrogens (tertiary/aromatic N) is 2. The van der Waals surface area contributed by atoms with Gasteiger partial charge in [-0.1, -0.05) is 25.1 Å². The first-order valence-corrected chi connectivity index (χ1v) is 11.5. The third-order valence-corrected chi connectivity index (χ3v) is 6.81. The van der Waals surface area contributed by atoms with Gasteiger partial charge >= 0.3 is 6.18 Å². The Balaban J connectivity index is 1.84. The number of benzene rings is 2. The summed E-state index contributed by atoms with van der Waals surface area (Å²) in [5.74, 6) is -1.76. The first-order chi connectivity index (χ1) is 14.6. The summed E-state index contributed by atoms with van der Waals surface area (Å²) in [6.45, 7) is 5.57. The number of likely N-dealkylation sites (N-methyl/N-ethyl adjacent to an activating group) is 1. The summed E-state index contributed by atoms with van der Waals surface area (Å²) in [5, 5.41) is 2.40. The maximum Gasteiger partial charge on any atom is 0.416 e. The van der Waals surface area contributed by atoms with E-state index in [4.69, 9.17) is 0 Å². The zero-order valence-electron chi connectivity index (χ0n) is 17.0. The van der Waals surface area contributed by atoms with Crippen LogP contribution in [0.1, 0.15) is 12.5 Å². The summed E-state index contributed by atoms with van der Waals surface area (Å²) in [4.78, 5) is 16.6. The van der Waals surface area contributed by atoms with Gasteiger partial charge in [-0.25, -0.2) is 8.42 Å². The van der Waals surface area contributed by atoms with E-state index >= 15 is 0 Å². The highest BCUT2D eigenvalue weighted by Gasteiger charge is 2.32. The summed E-state index contributed by atoms with van der Waals surface area (Å²) in [7, 11) is -3.92. The van der Waals surface area contributed by atoms with Crippen LogP contribution in [0, 0.1) is 0 Å². The molecule has 1 heterocycles. The van der Waals surface area contributed by atoms with Crippen molar-refractivity contribution in [3.05, 3.63) is 54.1 Å². The molecule has 1 saturated heterocycles. The zero-order chi connectivity index (χ0) is 22.6. The fourth-order valence-electron chi connectivity index (χ4n) is 3.46. The summed E-state index contributed by atoms with van der Waals surface area (Å²) < 4.78 is 64.6. The van der Waals surface area contributed by atoms with Crippen LogP contribution in [-0.4, -0.2) is 57.7 Å². The zero-order valence-corrected chi connectivity index (χ0v) is 17.8. The molecule has 1 N–H and O–H groups in total. The van der Waals surface area contributed by atoms with Gasteiger partial charge in [-0.15, -0.1) is 0 Å². The second-order valence-electron chi connectivity index (χ2n) is 7.27. The predicted octanol–water partition coefficient (Wildman–Crippen LogP) is 3.26. The second kappa shape index (κ2) is 9.27. The molecule has 168 valence electrons. The van der Waals surface area contributed by atoms with E-state index in [9.17, 15) is 26.4 Å². The average molecular weight is 456 g/mol. The van der Waals surface area contributed by atoms with Gasteiger partial charge in [-0.2, -0.15) is 13.2 Å². The number of anilines is 2. The van der Waals surface area contributed by atoms with Gasteiger partial charge in [0.25, 0.3) is 0 Å². The molecule has 0 aliphatic carbocycles. The van der Waals surface area contributed by atoms with E-state index in [1.807, 2.05) is 11.8 Å². The number of hydrogen-bond donors (Lipinski definition) is 1. The van der Waals surface area contributed by atoms with Crippen LogP contribution in [-0.2, 0) is 20.8 Å². The molecule has 0 radical (unpaired) electrons. The van der Waals surface area contributed by atoms with E-state index < -0.39 is 33.2 Å². The molecule has 0 aromatic heterocycles. The molecule has 6 nitrogen and oxygen atoms in total. The molecule has 1 fully saturated rings. The molecule has 0 bridgehead atoms. The third-order valence-electron chi connectivity index (χ3n) is 5.18. The first kappa shape index (κ1) is 23.1. The number of sulfone groups is 1. The van der Waals surface area contributed by atoms with Crippen molar-refractivity contribution in [3.8, 4) is 0 Å². The molecule has 1 aliphatic rings. The number of amides is 1. The molecule has 1 amide bonds.